The first-order valence-electron chi connectivity index (χ1n) is 8.89. The number of carbonyl (C=O) groups excluding carboxylic acids is 1. The summed E-state index contributed by atoms with van der Waals surface area (Å²) in [5, 5.41) is 4.09. The van der Waals surface area contributed by atoms with Crippen LogP contribution in [0.25, 0.3) is 0 Å². The zero-order valence-electron chi connectivity index (χ0n) is 16.4. The minimum absolute atomic E-state index is 0.0336. The van der Waals surface area contributed by atoms with Crippen LogP contribution in [0.1, 0.15) is 37.6 Å². The van der Waals surface area contributed by atoms with E-state index in [4.69, 9.17) is 4.74 Å². The third kappa shape index (κ3) is 5.32. The van der Waals surface area contributed by atoms with Crippen LogP contribution in [0.15, 0.2) is 58.5 Å². The molecule has 0 radical (unpaired) electrons. The highest BCUT2D eigenvalue weighted by Crippen LogP contribution is 2.26. The summed E-state index contributed by atoms with van der Waals surface area (Å²) in [5.74, 6) is 0.170. The lowest BCUT2D eigenvalue weighted by Gasteiger charge is -2.12. The molecule has 0 bridgehead atoms. The van der Waals surface area contributed by atoms with E-state index in [1.165, 1.54) is 31.4 Å². The van der Waals surface area contributed by atoms with Gasteiger partial charge in [0.2, 0.25) is 0 Å². The molecule has 0 unspecified atom stereocenters. The van der Waals surface area contributed by atoms with Crippen LogP contribution in [0.3, 0.4) is 0 Å². The summed E-state index contributed by atoms with van der Waals surface area (Å²) < 4.78 is 33.1. The number of hydrogen-bond donors (Lipinski definition) is 2. The van der Waals surface area contributed by atoms with Gasteiger partial charge in [0, 0.05) is 11.3 Å². The second-order valence-corrected chi connectivity index (χ2v) is 8.02. The first-order valence-corrected chi connectivity index (χ1v) is 10.4. The minimum Gasteiger partial charge on any atom is -0.495 e. The average Bonchev–Trinajstić information content (AvgIpc) is 2.71. The van der Waals surface area contributed by atoms with Gasteiger partial charge in [-0.2, -0.15) is 5.10 Å². The summed E-state index contributed by atoms with van der Waals surface area (Å²) in [6, 6.07) is 12.5. The maximum Gasteiger partial charge on any atom is 0.271 e. The van der Waals surface area contributed by atoms with Crippen LogP contribution >= 0.6 is 0 Å². The monoisotopic (exact) mass is 403 g/mol. The fraction of sp³-hybridized carbons (Fsp3) is 0.300. The Kier molecular flexibility index (Phi) is 7.17. The maximum atomic E-state index is 12.7. The number of benzene rings is 2. The number of rotatable bonds is 8. The lowest BCUT2D eigenvalue weighted by Crippen LogP contribution is -2.21. The number of ether oxygens (including phenoxy) is 1. The molecule has 0 spiro atoms. The number of methoxy groups -OCH3 is 1. The van der Waals surface area contributed by atoms with Crippen LogP contribution < -0.4 is 14.9 Å². The van der Waals surface area contributed by atoms with Gasteiger partial charge in [-0.15, -0.1) is 0 Å². The van der Waals surface area contributed by atoms with E-state index in [2.05, 4.69) is 15.2 Å². The van der Waals surface area contributed by atoms with Gasteiger partial charge >= 0.3 is 0 Å². The Balaban J connectivity index is 2.23. The second kappa shape index (κ2) is 9.36. The number of anilines is 1. The van der Waals surface area contributed by atoms with Crippen LogP contribution in [-0.2, 0) is 10.0 Å². The lowest BCUT2D eigenvalue weighted by molar-refractivity contribution is 0.0954. The molecule has 1 amide bonds. The molecular weight excluding hydrogens is 378 g/mol. The van der Waals surface area contributed by atoms with Crippen molar-refractivity contribution in [1.82, 2.24) is 5.43 Å². The van der Waals surface area contributed by atoms with Crippen LogP contribution in [0, 0.1) is 5.92 Å². The minimum atomic E-state index is -3.90. The van der Waals surface area contributed by atoms with E-state index >= 15 is 0 Å². The molecule has 2 rings (SSSR count). The predicted molar refractivity (Wildman–Crippen MR) is 110 cm³/mol. The fourth-order valence-corrected chi connectivity index (χ4v) is 3.46. The van der Waals surface area contributed by atoms with Crippen LogP contribution in [0.2, 0.25) is 0 Å². The van der Waals surface area contributed by atoms with E-state index < -0.39 is 15.9 Å². The Morgan fingerprint density at radius 1 is 1.18 bits per heavy atom. The molecule has 0 saturated heterocycles. The van der Waals surface area contributed by atoms with Gasteiger partial charge in [-0.3, -0.25) is 9.52 Å². The standard InChI is InChI=1S/C20H25N3O4S/c1-5-14(2)15(3)21-22-20(24)16-9-8-10-17(13-16)28(25,26)23-18-11-6-7-12-19(18)27-4/h6-14,23H,5H2,1-4H3,(H,22,24)/b21-15-/t14-/m1/s1. The number of para-hydroxylation sites is 2. The summed E-state index contributed by atoms with van der Waals surface area (Å²) in [4.78, 5) is 12.3. The van der Waals surface area contributed by atoms with E-state index in [9.17, 15) is 13.2 Å². The van der Waals surface area contributed by atoms with Crippen molar-refractivity contribution in [3.8, 4) is 5.75 Å². The molecule has 28 heavy (non-hydrogen) atoms. The zero-order chi connectivity index (χ0) is 20.7. The third-order valence-corrected chi connectivity index (χ3v) is 5.78. The number of sulfonamides is 1. The van der Waals surface area contributed by atoms with Gasteiger partial charge in [-0.1, -0.05) is 32.0 Å². The molecule has 2 aromatic rings. The molecule has 8 heteroatoms. The fourth-order valence-electron chi connectivity index (χ4n) is 2.35. The molecule has 2 N–H and O–H groups in total. The smallest absolute Gasteiger partial charge is 0.271 e. The highest BCUT2D eigenvalue weighted by molar-refractivity contribution is 7.92. The van der Waals surface area contributed by atoms with Crippen LogP contribution in [-0.4, -0.2) is 27.1 Å². The molecule has 0 saturated carbocycles. The highest BCUT2D eigenvalue weighted by Gasteiger charge is 2.18. The van der Waals surface area contributed by atoms with Gasteiger partial charge in [-0.05, 0) is 49.6 Å². The molecule has 0 aromatic heterocycles. The van der Waals surface area contributed by atoms with Crippen LogP contribution in [0.5, 0.6) is 5.75 Å². The van der Waals surface area contributed by atoms with E-state index in [-0.39, 0.29) is 16.4 Å². The van der Waals surface area contributed by atoms with Crippen molar-refractivity contribution in [2.24, 2.45) is 11.0 Å². The Morgan fingerprint density at radius 3 is 2.57 bits per heavy atom. The first kappa shape index (κ1) is 21.4. The molecular formula is C20H25N3O4S. The molecule has 2 aromatic carbocycles. The quantitative estimate of drug-likeness (QED) is 0.519. The van der Waals surface area contributed by atoms with Gasteiger partial charge in [-0.25, -0.2) is 13.8 Å². The molecule has 0 heterocycles. The summed E-state index contributed by atoms with van der Waals surface area (Å²) >= 11 is 0. The summed E-state index contributed by atoms with van der Waals surface area (Å²) in [5.41, 5.74) is 3.79. The van der Waals surface area contributed by atoms with Crippen molar-refractivity contribution in [2.75, 3.05) is 11.8 Å². The number of nitrogens with one attached hydrogen (secondary N) is 2. The second-order valence-electron chi connectivity index (χ2n) is 6.34. The zero-order valence-corrected chi connectivity index (χ0v) is 17.2. The Morgan fingerprint density at radius 2 is 1.89 bits per heavy atom. The molecule has 0 aliphatic carbocycles. The van der Waals surface area contributed by atoms with Gasteiger partial charge < -0.3 is 4.74 Å². The maximum absolute atomic E-state index is 12.7. The van der Waals surface area contributed by atoms with Crippen molar-refractivity contribution in [1.29, 1.82) is 0 Å². The van der Waals surface area contributed by atoms with E-state index in [0.29, 0.717) is 11.4 Å². The van der Waals surface area contributed by atoms with E-state index in [1.54, 1.807) is 24.3 Å². The first-order chi connectivity index (χ1) is 13.3. The lowest BCUT2D eigenvalue weighted by atomic mass is 10.1. The van der Waals surface area contributed by atoms with Crippen molar-refractivity contribution in [3.05, 3.63) is 54.1 Å². The predicted octanol–water partition coefficient (Wildman–Crippen LogP) is 3.65. The Labute approximate surface area is 165 Å². The number of amides is 1. The summed E-state index contributed by atoms with van der Waals surface area (Å²) in [6.07, 6.45) is 0.910. The molecule has 7 nitrogen and oxygen atoms in total. The molecule has 0 aliphatic rings. The normalized spacial score (nSPS) is 12.9. The summed E-state index contributed by atoms with van der Waals surface area (Å²) in [7, 11) is -2.44. The van der Waals surface area contributed by atoms with Crippen molar-refractivity contribution >= 4 is 27.3 Å². The molecule has 1 atom stereocenters. The average molecular weight is 404 g/mol. The van der Waals surface area contributed by atoms with Gasteiger partial charge in [0.1, 0.15) is 5.75 Å². The van der Waals surface area contributed by atoms with E-state index in [1.807, 2.05) is 20.8 Å². The molecule has 150 valence electrons. The van der Waals surface area contributed by atoms with Gasteiger partial charge in [0.05, 0.1) is 17.7 Å². The molecule has 0 fully saturated rings. The van der Waals surface area contributed by atoms with Crippen LogP contribution in [0.4, 0.5) is 5.69 Å². The molecule has 0 aliphatic heterocycles. The summed E-state index contributed by atoms with van der Waals surface area (Å²) in [6.45, 7) is 5.89. The number of carbonyl (C=O) groups is 1. The van der Waals surface area contributed by atoms with Gasteiger partial charge in [0.25, 0.3) is 15.9 Å². The Bertz CT molecular complexity index is 971. The largest absolute Gasteiger partial charge is 0.495 e. The number of nitrogens with zero attached hydrogens (tertiary/aromatic N) is 1. The topological polar surface area (TPSA) is 96.9 Å². The highest BCUT2D eigenvalue weighted by atomic mass is 32.2. The van der Waals surface area contributed by atoms with Crippen molar-refractivity contribution < 1.29 is 17.9 Å². The number of hydrazone groups is 1. The third-order valence-electron chi connectivity index (χ3n) is 4.42. The number of hydrogen-bond acceptors (Lipinski definition) is 5. The van der Waals surface area contributed by atoms with Crippen molar-refractivity contribution in [2.45, 2.75) is 32.1 Å². The van der Waals surface area contributed by atoms with Crippen molar-refractivity contribution in [3.63, 3.8) is 0 Å². The SMILES string of the molecule is CC[C@@H](C)/C(C)=N\NC(=O)c1cccc(S(=O)(=O)Nc2ccccc2OC)c1. The Hall–Kier alpha value is -2.87. The van der Waals surface area contributed by atoms with Gasteiger partial charge in [0.15, 0.2) is 0 Å². The van der Waals surface area contributed by atoms with E-state index in [0.717, 1.165) is 12.1 Å².